The standard InChI is InChI=1S/C18H21NO3S/c1-12-11-13(2)15(4)18(14(12)3)23(20,21)19-9-10-22-17-8-6-5-7-16(17)19/h5-8,11H,9-10H2,1-4H3. The van der Waals surface area contributed by atoms with Crippen LogP contribution in [0.25, 0.3) is 0 Å². The molecular weight excluding hydrogens is 310 g/mol. The van der Waals surface area contributed by atoms with Gasteiger partial charge in [0.15, 0.2) is 0 Å². The molecule has 3 rings (SSSR count). The van der Waals surface area contributed by atoms with Gasteiger partial charge in [-0.3, -0.25) is 4.31 Å². The van der Waals surface area contributed by atoms with Crippen LogP contribution in [0, 0.1) is 27.7 Å². The summed E-state index contributed by atoms with van der Waals surface area (Å²) in [7, 11) is -3.63. The summed E-state index contributed by atoms with van der Waals surface area (Å²) in [4.78, 5) is 0.423. The Kier molecular flexibility index (Phi) is 3.84. The summed E-state index contributed by atoms with van der Waals surface area (Å²) in [6, 6.07) is 9.31. The second-order valence-electron chi connectivity index (χ2n) is 5.98. The average Bonchev–Trinajstić information content (AvgIpc) is 2.52. The largest absolute Gasteiger partial charge is 0.489 e. The monoisotopic (exact) mass is 331 g/mol. The molecule has 4 nitrogen and oxygen atoms in total. The first kappa shape index (κ1) is 15.9. The van der Waals surface area contributed by atoms with Crippen molar-refractivity contribution in [3.8, 4) is 5.75 Å². The molecule has 2 aromatic rings. The summed E-state index contributed by atoms with van der Waals surface area (Å²) in [6.45, 7) is 8.34. The van der Waals surface area contributed by atoms with Gasteiger partial charge in [0.2, 0.25) is 0 Å². The molecule has 0 radical (unpaired) electrons. The van der Waals surface area contributed by atoms with Crippen LogP contribution in [0.15, 0.2) is 35.2 Å². The van der Waals surface area contributed by atoms with Gasteiger partial charge in [-0.15, -0.1) is 0 Å². The minimum Gasteiger partial charge on any atom is -0.489 e. The van der Waals surface area contributed by atoms with E-state index in [9.17, 15) is 8.42 Å². The van der Waals surface area contributed by atoms with Crippen molar-refractivity contribution in [3.05, 3.63) is 52.6 Å². The predicted molar refractivity (Wildman–Crippen MR) is 91.9 cm³/mol. The van der Waals surface area contributed by atoms with E-state index in [-0.39, 0.29) is 0 Å². The van der Waals surface area contributed by atoms with Crippen molar-refractivity contribution in [2.75, 3.05) is 17.5 Å². The number of anilines is 1. The van der Waals surface area contributed by atoms with Crippen LogP contribution in [-0.4, -0.2) is 21.6 Å². The molecule has 1 aliphatic rings. The maximum Gasteiger partial charge on any atom is 0.265 e. The lowest BCUT2D eigenvalue weighted by Gasteiger charge is -2.31. The highest BCUT2D eigenvalue weighted by atomic mass is 32.2. The van der Waals surface area contributed by atoms with Crippen LogP contribution in [0.1, 0.15) is 22.3 Å². The van der Waals surface area contributed by atoms with Crippen molar-refractivity contribution in [2.24, 2.45) is 0 Å². The van der Waals surface area contributed by atoms with Gasteiger partial charge in [-0.2, -0.15) is 0 Å². The molecule has 122 valence electrons. The molecule has 0 unspecified atom stereocenters. The third kappa shape index (κ3) is 2.49. The van der Waals surface area contributed by atoms with Crippen molar-refractivity contribution in [1.82, 2.24) is 0 Å². The molecule has 1 aliphatic heterocycles. The fraction of sp³-hybridized carbons (Fsp3) is 0.333. The summed E-state index contributed by atoms with van der Waals surface area (Å²) >= 11 is 0. The number of aryl methyl sites for hydroxylation is 2. The lowest BCUT2D eigenvalue weighted by molar-refractivity contribution is 0.316. The van der Waals surface area contributed by atoms with Crippen LogP contribution < -0.4 is 9.04 Å². The van der Waals surface area contributed by atoms with Gasteiger partial charge in [0.05, 0.1) is 17.1 Å². The number of ether oxygens (including phenoxy) is 1. The lowest BCUT2D eigenvalue weighted by Crippen LogP contribution is -2.38. The molecule has 5 heteroatoms. The molecule has 0 N–H and O–H groups in total. The molecule has 0 aromatic heterocycles. The maximum atomic E-state index is 13.4. The second-order valence-corrected chi connectivity index (χ2v) is 7.78. The van der Waals surface area contributed by atoms with E-state index in [1.165, 1.54) is 4.31 Å². The van der Waals surface area contributed by atoms with Gasteiger partial charge >= 0.3 is 0 Å². The highest BCUT2D eigenvalue weighted by Gasteiger charge is 2.32. The zero-order chi connectivity index (χ0) is 16.8. The fourth-order valence-electron chi connectivity index (χ4n) is 3.07. The molecule has 23 heavy (non-hydrogen) atoms. The first-order chi connectivity index (χ1) is 10.8. The Morgan fingerprint density at radius 3 is 2.26 bits per heavy atom. The molecule has 0 aliphatic carbocycles. The van der Waals surface area contributed by atoms with Crippen molar-refractivity contribution in [3.63, 3.8) is 0 Å². The highest BCUT2D eigenvalue weighted by molar-refractivity contribution is 7.93. The van der Waals surface area contributed by atoms with Gasteiger partial charge in [-0.1, -0.05) is 18.2 Å². The number of benzene rings is 2. The molecule has 0 saturated heterocycles. The minimum absolute atomic E-state index is 0.325. The zero-order valence-corrected chi connectivity index (χ0v) is 14.7. The lowest BCUT2D eigenvalue weighted by atomic mass is 10.0. The van der Waals surface area contributed by atoms with Gasteiger partial charge < -0.3 is 4.74 Å². The van der Waals surface area contributed by atoms with Crippen LogP contribution in [-0.2, 0) is 10.0 Å². The molecule has 1 heterocycles. The van der Waals surface area contributed by atoms with Crippen LogP contribution in [0.4, 0.5) is 5.69 Å². The summed E-state index contributed by atoms with van der Waals surface area (Å²) < 4.78 is 33.8. The Morgan fingerprint density at radius 1 is 1.00 bits per heavy atom. The third-order valence-electron chi connectivity index (χ3n) is 4.53. The molecule has 2 aromatic carbocycles. The number of fused-ring (bicyclic) bond motifs is 1. The quantitative estimate of drug-likeness (QED) is 0.846. The van der Waals surface area contributed by atoms with Gasteiger partial charge in [-0.25, -0.2) is 8.42 Å². The van der Waals surface area contributed by atoms with E-state index in [0.717, 1.165) is 22.3 Å². The van der Waals surface area contributed by atoms with Crippen LogP contribution in [0.2, 0.25) is 0 Å². The van der Waals surface area contributed by atoms with E-state index in [1.54, 1.807) is 12.1 Å². The number of para-hydroxylation sites is 2. The zero-order valence-electron chi connectivity index (χ0n) is 13.9. The van der Waals surface area contributed by atoms with Crippen LogP contribution >= 0.6 is 0 Å². The number of nitrogens with zero attached hydrogens (tertiary/aromatic N) is 1. The fourth-order valence-corrected chi connectivity index (χ4v) is 5.11. The summed E-state index contributed by atoms with van der Waals surface area (Å²) in [5.41, 5.74) is 4.23. The summed E-state index contributed by atoms with van der Waals surface area (Å²) in [6.07, 6.45) is 0. The van der Waals surface area contributed by atoms with Gasteiger partial charge in [0, 0.05) is 0 Å². The smallest absolute Gasteiger partial charge is 0.265 e. The molecule has 0 amide bonds. The first-order valence-corrected chi connectivity index (χ1v) is 9.10. The van der Waals surface area contributed by atoms with Crippen LogP contribution in [0.3, 0.4) is 0 Å². The van der Waals surface area contributed by atoms with Gasteiger partial charge in [0.1, 0.15) is 12.4 Å². The van der Waals surface area contributed by atoms with E-state index in [1.807, 2.05) is 45.9 Å². The van der Waals surface area contributed by atoms with Crippen molar-refractivity contribution in [2.45, 2.75) is 32.6 Å². The van der Waals surface area contributed by atoms with Gasteiger partial charge in [0.25, 0.3) is 10.0 Å². The Labute approximate surface area is 137 Å². The number of rotatable bonds is 2. The van der Waals surface area contributed by atoms with Crippen LogP contribution in [0.5, 0.6) is 5.75 Å². The van der Waals surface area contributed by atoms with E-state index in [0.29, 0.717) is 29.5 Å². The Morgan fingerprint density at radius 2 is 1.61 bits per heavy atom. The minimum atomic E-state index is -3.63. The molecule has 0 fully saturated rings. The first-order valence-electron chi connectivity index (χ1n) is 7.66. The van der Waals surface area contributed by atoms with E-state index in [2.05, 4.69) is 0 Å². The summed E-state index contributed by atoms with van der Waals surface area (Å²) in [5.74, 6) is 0.613. The van der Waals surface area contributed by atoms with Gasteiger partial charge in [-0.05, 0) is 62.1 Å². The highest BCUT2D eigenvalue weighted by Crippen LogP contribution is 2.37. The Hall–Kier alpha value is -2.01. The Bertz CT molecular complexity index is 846. The maximum absolute atomic E-state index is 13.4. The number of sulfonamides is 1. The van der Waals surface area contributed by atoms with E-state index >= 15 is 0 Å². The third-order valence-corrected chi connectivity index (χ3v) is 6.62. The molecule has 0 bridgehead atoms. The van der Waals surface area contributed by atoms with Crippen molar-refractivity contribution in [1.29, 1.82) is 0 Å². The number of hydrogen-bond acceptors (Lipinski definition) is 3. The topological polar surface area (TPSA) is 46.6 Å². The molecular formula is C18H21NO3S. The SMILES string of the molecule is Cc1cc(C)c(C)c(S(=O)(=O)N2CCOc3ccccc32)c1C. The summed E-state index contributed by atoms with van der Waals surface area (Å²) in [5, 5.41) is 0. The Balaban J connectivity index is 2.23. The number of hydrogen-bond donors (Lipinski definition) is 0. The van der Waals surface area contributed by atoms with Crippen molar-refractivity contribution >= 4 is 15.7 Å². The molecule has 0 atom stereocenters. The molecule has 0 spiro atoms. The second kappa shape index (κ2) is 5.57. The predicted octanol–water partition coefficient (Wildman–Crippen LogP) is 3.51. The molecule has 0 saturated carbocycles. The van der Waals surface area contributed by atoms with E-state index in [4.69, 9.17) is 4.74 Å². The van der Waals surface area contributed by atoms with E-state index < -0.39 is 10.0 Å². The normalized spacial score (nSPS) is 14.3. The average molecular weight is 331 g/mol. The van der Waals surface area contributed by atoms with Crippen molar-refractivity contribution < 1.29 is 13.2 Å².